The minimum absolute atomic E-state index is 0.0646. The number of rotatable bonds is 4. The van der Waals surface area contributed by atoms with Crippen LogP contribution in [-0.2, 0) is 0 Å². The standard InChI is InChI=1S/C26H25N3O2/c30-26(22-11-12-24-23(19-22)27-13-18-31-24)29-16-14-28(15-17-29)25(20-7-3-1-4-8-20)21-9-5-2-6-10-21/h1-13,18-19,25,27H,14-17H2. The van der Waals surface area contributed by atoms with E-state index in [-0.39, 0.29) is 11.9 Å². The normalized spacial score (nSPS) is 15.8. The van der Waals surface area contributed by atoms with Crippen LogP contribution in [0.4, 0.5) is 5.69 Å². The number of amides is 1. The molecule has 5 rings (SSSR count). The number of ether oxygens (including phenoxy) is 1. The minimum Gasteiger partial charge on any atom is -0.461 e. The summed E-state index contributed by atoms with van der Waals surface area (Å²) in [5, 5.41) is 3.13. The van der Waals surface area contributed by atoms with Gasteiger partial charge in [-0.15, -0.1) is 0 Å². The zero-order chi connectivity index (χ0) is 21.0. The van der Waals surface area contributed by atoms with Gasteiger partial charge in [0, 0.05) is 37.9 Å². The quantitative estimate of drug-likeness (QED) is 0.686. The summed E-state index contributed by atoms with van der Waals surface area (Å²) in [6.07, 6.45) is 3.32. The number of carbonyl (C=O) groups is 1. The Balaban J connectivity index is 1.31. The maximum absolute atomic E-state index is 13.1. The molecule has 31 heavy (non-hydrogen) atoms. The maximum Gasteiger partial charge on any atom is 0.254 e. The van der Waals surface area contributed by atoms with E-state index in [9.17, 15) is 4.79 Å². The van der Waals surface area contributed by atoms with Crippen LogP contribution < -0.4 is 10.1 Å². The van der Waals surface area contributed by atoms with Gasteiger partial charge in [0.15, 0.2) is 0 Å². The number of benzene rings is 3. The number of nitrogens with one attached hydrogen (secondary N) is 1. The molecular weight excluding hydrogens is 386 g/mol. The van der Waals surface area contributed by atoms with Crippen molar-refractivity contribution in [3.8, 4) is 5.75 Å². The Morgan fingerprint density at radius 3 is 2.13 bits per heavy atom. The molecule has 0 unspecified atom stereocenters. The Bertz CT molecular complexity index is 1030. The van der Waals surface area contributed by atoms with E-state index in [2.05, 4.69) is 70.9 Å². The first kappa shape index (κ1) is 19.4. The van der Waals surface area contributed by atoms with Crippen LogP contribution >= 0.6 is 0 Å². The molecule has 0 aromatic heterocycles. The van der Waals surface area contributed by atoms with Gasteiger partial charge in [0.1, 0.15) is 12.0 Å². The van der Waals surface area contributed by atoms with Crippen LogP contribution in [0.25, 0.3) is 0 Å². The van der Waals surface area contributed by atoms with Crippen molar-refractivity contribution < 1.29 is 9.53 Å². The number of hydrogen-bond acceptors (Lipinski definition) is 4. The monoisotopic (exact) mass is 411 g/mol. The third-order valence-electron chi connectivity index (χ3n) is 5.93. The van der Waals surface area contributed by atoms with Crippen molar-refractivity contribution >= 4 is 11.6 Å². The summed E-state index contributed by atoms with van der Waals surface area (Å²) in [6.45, 7) is 3.07. The molecule has 1 N–H and O–H groups in total. The van der Waals surface area contributed by atoms with Gasteiger partial charge < -0.3 is 15.0 Å². The van der Waals surface area contributed by atoms with E-state index in [0.29, 0.717) is 18.7 Å². The highest BCUT2D eigenvalue weighted by Crippen LogP contribution is 2.31. The largest absolute Gasteiger partial charge is 0.461 e. The van der Waals surface area contributed by atoms with Crippen LogP contribution in [0, 0.1) is 0 Å². The van der Waals surface area contributed by atoms with Gasteiger partial charge in [0.2, 0.25) is 0 Å². The second kappa shape index (κ2) is 8.66. The smallest absolute Gasteiger partial charge is 0.254 e. The summed E-state index contributed by atoms with van der Waals surface area (Å²) >= 11 is 0. The summed E-state index contributed by atoms with van der Waals surface area (Å²) in [4.78, 5) is 17.5. The molecule has 2 aliphatic rings. The van der Waals surface area contributed by atoms with Crippen LogP contribution in [-0.4, -0.2) is 41.9 Å². The highest BCUT2D eigenvalue weighted by molar-refractivity contribution is 5.95. The van der Waals surface area contributed by atoms with Gasteiger partial charge in [-0.3, -0.25) is 9.69 Å². The molecule has 3 aromatic rings. The lowest BCUT2D eigenvalue weighted by atomic mass is 9.96. The van der Waals surface area contributed by atoms with Crippen molar-refractivity contribution in [3.63, 3.8) is 0 Å². The molecule has 0 aliphatic carbocycles. The van der Waals surface area contributed by atoms with Gasteiger partial charge in [-0.05, 0) is 29.3 Å². The van der Waals surface area contributed by atoms with E-state index in [0.717, 1.165) is 24.5 Å². The Kier molecular flexibility index (Phi) is 5.42. The molecule has 2 aliphatic heterocycles. The molecule has 1 amide bonds. The predicted molar refractivity (Wildman–Crippen MR) is 122 cm³/mol. The lowest BCUT2D eigenvalue weighted by Crippen LogP contribution is -2.49. The van der Waals surface area contributed by atoms with Gasteiger partial charge in [0.25, 0.3) is 5.91 Å². The van der Waals surface area contributed by atoms with Crippen LogP contribution in [0.1, 0.15) is 27.5 Å². The number of fused-ring (bicyclic) bond motifs is 1. The third-order valence-corrected chi connectivity index (χ3v) is 5.93. The van der Waals surface area contributed by atoms with E-state index in [1.165, 1.54) is 11.1 Å². The summed E-state index contributed by atoms with van der Waals surface area (Å²) in [5.41, 5.74) is 4.06. The van der Waals surface area contributed by atoms with E-state index < -0.39 is 0 Å². The van der Waals surface area contributed by atoms with Crippen LogP contribution in [0.5, 0.6) is 5.75 Å². The van der Waals surface area contributed by atoms with E-state index in [1.807, 2.05) is 23.1 Å². The molecule has 0 spiro atoms. The first-order chi connectivity index (χ1) is 15.3. The number of carbonyl (C=O) groups excluding carboxylic acids is 1. The SMILES string of the molecule is O=C(c1ccc2c(c1)NC=CO2)N1CCN(C(c2ccccc2)c2ccccc2)CC1. The lowest BCUT2D eigenvalue weighted by Gasteiger charge is -2.40. The van der Waals surface area contributed by atoms with Crippen LogP contribution in [0.15, 0.2) is 91.3 Å². The Hall–Kier alpha value is -3.57. The second-order valence-electron chi connectivity index (χ2n) is 7.83. The molecule has 156 valence electrons. The molecule has 2 heterocycles. The highest BCUT2D eigenvalue weighted by Gasteiger charge is 2.28. The summed E-state index contributed by atoms with van der Waals surface area (Å²) in [7, 11) is 0. The van der Waals surface area contributed by atoms with E-state index in [4.69, 9.17) is 4.74 Å². The maximum atomic E-state index is 13.1. The van der Waals surface area contributed by atoms with Gasteiger partial charge in [-0.2, -0.15) is 0 Å². The number of hydrogen-bond donors (Lipinski definition) is 1. The molecular formula is C26H25N3O2. The fourth-order valence-corrected chi connectivity index (χ4v) is 4.36. The zero-order valence-corrected chi connectivity index (χ0v) is 17.3. The predicted octanol–water partition coefficient (Wildman–Crippen LogP) is 4.51. The molecule has 5 nitrogen and oxygen atoms in total. The molecule has 0 atom stereocenters. The average Bonchev–Trinajstić information content (AvgIpc) is 2.85. The minimum atomic E-state index is 0.0646. The topological polar surface area (TPSA) is 44.8 Å². The first-order valence-electron chi connectivity index (χ1n) is 10.6. The highest BCUT2D eigenvalue weighted by atomic mass is 16.5. The average molecular weight is 412 g/mol. The van der Waals surface area contributed by atoms with Crippen molar-refractivity contribution in [1.29, 1.82) is 0 Å². The first-order valence-corrected chi connectivity index (χ1v) is 10.6. The molecule has 0 radical (unpaired) electrons. The second-order valence-corrected chi connectivity index (χ2v) is 7.83. The zero-order valence-electron chi connectivity index (χ0n) is 17.3. The molecule has 3 aromatic carbocycles. The molecule has 0 saturated carbocycles. The Morgan fingerprint density at radius 1 is 0.839 bits per heavy atom. The van der Waals surface area contributed by atoms with Crippen molar-refractivity contribution in [2.45, 2.75) is 6.04 Å². The molecule has 1 fully saturated rings. The van der Waals surface area contributed by atoms with E-state index in [1.54, 1.807) is 12.5 Å². The van der Waals surface area contributed by atoms with Gasteiger partial charge >= 0.3 is 0 Å². The van der Waals surface area contributed by atoms with Crippen LogP contribution in [0.3, 0.4) is 0 Å². The summed E-state index contributed by atoms with van der Waals surface area (Å²) < 4.78 is 5.45. The number of nitrogens with zero attached hydrogens (tertiary/aromatic N) is 2. The summed E-state index contributed by atoms with van der Waals surface area (Å²) in [6, 6.07) is 27.0. The van der Waals surface area contributed by atoms with E-state index >= 15 is 0 Å². The van der Waals surface area contributed by atoms with Crippen LogP contribution in [0.2, 0.25) is 0 Å². The van der Waals surface area contributed by atoms with Crippen molar-refractivity contribution in [2.75, 3.05) is 31.5 Å². The number of anilines is 1. The van der Waals surface area contributed by atoms with Gasteiger partial charge in [-0.25, -0.2) is 0 Å². The van der Waals surface area contributed by atoms with Crippen molar-refractivity contribution in [3.05, 3.63) is 108 Å². The third kappa shape index (κ3) is 4.05. The molecule has 1 saturated heterocycles. The Labute approximate surface area is 182 Å². The van der Waals surface area contributed by atoms with Gasteiger partial charge in [0.05, 0.1) is 11.7 Å². The molecule has 5 heteroatoms. The van der Waals surface area contributed by atoms with Crippen molar-refractivity contribution in [2.24, 2.45) is 0 Å². The summed E-state index contributed by atoms with van der Waals surface area (Å²) in [5.74, 6) is 0.798. The fourth-order valence-electron chi connectivity index (χ4n) is 4.36. The number of piperazine rings is 1. The van der Waals surface area contributed by atoms with Gasteiger partial charge in [-0.1, -0.05) is 60.7 Å². The Morgan fingerprint density at radius 2 is 1.48 bits per heavy atom. The van der Waals surface area contributed by atoms with Crippen molar-refractivity contribution in [1.82, 2.24) is 9.80 Å². The molecule has 0 bridgehead atoms. The lowest BCUT2D eigenvalue weighted by molar-refractivity contribution is 0.0597. The fraction of sp³-hybridized carbons (Fsp3) is 0.192.